The smallest absolute Gasteiger partial charge is 0.0253 e. The van der Waals surface area contributed by atoms with Gasteiger partial charge in [-0.15, -0.1) is 0 Å². The summed E-state index contributed by atoms with van der Waals surface area (Å²) in [6.45, 7) is 12.3. The molecular weight excluding hydrogens is 146 g/mol. The Morgan fingerprint density at radius 3 is 2.17 bits per heavy atom. The van der Waals surface area contributed by atoms with Crippen LogP contribution in [0, 0.1) is 0 Å². The molecule has 0 spiro atoms. The highest BCUT2D eigenvalue weighted by atomic mass is 14.9. The molecule has 0 aromatic carbocycles. The summed E-state index contributed by atoms with van der Waals surface area (Å²) in [5.41, 5.74) is 2.49. The summed E-state index contributed by atoms with van der Waals surface area (Å²) in [5, 5.41) is 3.48. The maximum Gasteiger partial charge on any atom is 0.0253 e. The molecular formula is C11H21N. The van der Waals surface area contributed by atoms with Gasteiger partial charge in [0.1, 0.15) is 0 Å². The Kier molecular flexibility index (Phi) is 5.52. The largest absolute Gasteiger partial charge is 0.386 e. The molecule has 0 saturated heterocycles. The van der Waals surface area contributed by atoms with Crippen molar-refractivity contribution in [2.75, 3.05) is 0 Å². The average molecular weight is 167 g/mol. The van der Waals surface area contributed by atoms with Crippen LogP contribution in [0.25, 0.3) is 0 Å². The molecule has 1 nitrogen and oxygen atoms in total. The molecule has 0 heterocycles. The van der Waals surface area contributed by atoms with E-state index in [2.05, 4.69) is 39.6 Å². The Balaban J connectivity index is 4.14. The molecule has 12 heavy (non-hydrogen) atoms. The number of allylic oxidation sites excluding steroid dienone is 3. The highest BCUT2D eigenvalue weighted by molar-refractivity contribution is 5.19. The van der Waals surface area contributed by atoms with Gasteiger partial charge in [-0.2, -0.15) is 0 Å². The van der Waals surface area contributed by atoms with Gasteiger partial charge in [0.05, 0.1) is 0 Å². The molecule has 0 amide bonds. The maximum atomic E-state index is 3.74. The average Bonchev–Trinajstić information content (AvgIpc) is 2.12. The first kappa shape index (κ1) is 11.3. The Labute approximate surface area is 76.6 Å². The molecule has 0 fully saturated rings. The minimum Gasteiger partial charge on any atom is -0.386 e. The summed E-state index contributed by atoms with van der Waals surface area (Å²) in [5.74, 6) is 0. The Morgan fingerprint density at radius 1 is 1.33 bits per heavy atom. The van der Waals surface area contributed by atoms with E-state index in [4.69, 9.17) is 0 Å². The summed E-state index contributed by atoms with van der Waals surface area (Å²) in [4.78, 5) is 0. The van der Waals surface area contributed by atoms with E-state index in [0.717, 1.165) is 0 Å². The van der Waals surface area contributed by atoms with E-state index in [1.807, 2.05) is 6.08 Å². The van der Waals surface area contributed by atoms with Gasteiger partial charge in [0, 0.05) is 11.7 Å². The molecule has 0 bridgehead atoms. The zero-order valence-electron chi connectivity index (χ0n) is 8.78. The maximum absolute atomic E-state index is 3.74. The Morgan fingerprint density at radius 2 is 1.83 bits per heavy atom. The first-order valence-corrected chi connectivity index (χ1v) is 4.72. The molecule has 0 radical (unpaired) electrons. The fourth-order valence-corrected chi connectivity index (χ4v) is 1.07. The molecule has 0 aliphatic heterocycles. The highest BCUT2D eigenvalue weighted by Crippen LogP contribution is 2.05. The predicted octanol–water partition coefficient (Wildman–Crippen LogP) is 3.24. The normalized spacial score (nSPS) is 12.8. The van der Waals surface area contributed by atoms with Gasteiger partial charge in [-0.3, -0.25) is 0 Å². The van der Waals surface area contributed by atoms with E-state index in [1.165, 1.54) is 24.1 Å². The first-order valence-electron chi connectivity index (χ1n) is 4.72. The SMILES string of the molecule is C=C/C(C)=C(\C)NC(CC)CC. The zero-order chi connectivity index (χ0) is 9.56. The second kappa shape index (κ2) is 5.87. The van der Waals surface area contributed by atoms with E-state index >= 15 is 0 Å². The number of nitrogens with one attached hydrogen (secondary N) is 1. The van der Waals surface area contributed by atoms with Crippen molar-refractivity contribution < 1.29 is 0 Å². The summed E-state index contributed by atoms with van der Waals surface area (Å²) >= 11 is 0. The fraction of sp³-hybridized carbons (Fsp3) is 0.636. The van der Waals surface area contributed by atoms with Gasteiger partial charge in [-0.1, -0.05) is 26.5 Å². The van der Waals surface area contributed by atoms with Crippen LogP contribution in [-0.4, -0.2) is 6.04 Å². The summed E-state index contributed by atoms with van der Waals surface area (Å²) in [6.07, 6.45) is 4.25. The van der Waals surface area contributed by atoms with Crippen molar-refractivity contribution in [1.82, 2.24) is 5.32 Å². The monoisotopic (exact) mass is 167 g/mol. The van der Waals surface area contributed by atoms with E-state index < -0.39 is 0 Å². The van der Waals surface area contributed by atoms with Crippen molar-refractivity contribution >= 4 is 0 Å². The van der Waals surface area contributed by atoms with Crippen LogP contribution >= 0.6 is 0 Å². The number of hydrogen-bond donors (Lipinski definition) is 1. The van der Waals surface area contributed by atoms with Crippen molar-refractivity contribution in [3.8, 4) is 0 Å². The van der Waals surface area contributed by atoms with Gasteiger partial charge < -0.3 is 5.32 Å². The zero-order valence-corrected chi connectivity index (χ0v) is 8.78. The predicted molar refractivity (Wildman–Crippen MR) is 56.1 cm³/mol. The van der Waals surface area contributed by atoms with E-state index in [9.17, 15) is 0 Å². The third-order valence-electron chi connectivity index (χ3n) is 2.30. The summed E-state index contributed by atoms with van der Waals surface area (Å²) in [6, 6.07) is 0.611. The van der Waals surface area contributed by atoms with Crippen molar-refractivity contribution in [3.05, 3.63) is 23.9 Å². The van der Waals surface area contributed by atoms with Crippen LogP contribution < -0.4 is 5.32 Å². The summed E-state index contributed by atoms with van der Waals surface area (Å²) < 4.78 is 0. The topological polar surface area (TPSA) is 12.0 Å². The van der Waals surface area contributed by atoms with Gasteiger partial charge in [0.2, 0.25) is 0 Å². The van der Waals surface area contributed by atoms with E-state index in [-0.39, 0.29) is 0 Å². The molecule has 0 rings (SSSR count). The molecule has 0 atom stereocenters. The van der Waals surface area contributed by atoms with Crippen LogP contribution in [-0.2, 0) is 0 Å². The lowest BCUT2D eigenvalue weighted by molar-refractivity contribution is 0.531. The van der Waals surface area contributed by atoms with Crippen LogP contribution in [0.15, 0.2) is 23.9 Å². The molecule has 1 N–H and O–H groups in total. The van der Waals surface area contributed by atoms with Crippen molar-refractivity contribution in [2.45, 2.75) is 46.6 Å². The molecule has 1 heteroatoms. The summed E-state index contributed by atoms with van der Waals surface area (Å²) in [7, 11) is 0. The fourth-order valence-electron chi connectivity index (χ4n) is 1.07. The lowest BCUT2D eigenvalue weighted by Gasteiger charge is -2.17. The lowest BCUT2D eigenvalue weighted by atomic mass is 10.1. The quantitative estimate of drug-likeness (QED) is 0.620. The van der Waals surface area contributed by atoms with Gasteiger partial charge >= 0.3 is 0 Å². The van der Waals surface area contributed by atoms with Crippen LogP contribution in [0.5, 0.6) is 0 Å². The Bertz CT molecular complexity index is 164. The number of rotatable bonds is 5. The standard InChI is InChI=1S/C11H21N/c1-6-9(4)10(5)12-11(7-2)8-3/h6,11-12H,1,7-8H2,2-5H3/b10-9+. The number of hydrogen-bond acceptors (Lipinski definition) is 1. The van der Waals surface area contributed by atoms with Gasteiger partial charge in [0.25, 0.3) is 0 Å². The third-order valence-corrected chi connectivity index (χ3v) is 2.30. The van der Waals surface area contributed by atoms with Gasteiger partial charge in [0.15, 0.2) is 0 Å². The molecule has 0 saturated carbocycles. The minimum atomic E-state index is 0.611. The minimum absolute atomic E-state index is 0.611. The van der Waals surface area contributed by atoms with Gasteiger partial charge in [-0.05, 0) is 32.3 Å². The van der Waals surface area contributed by atoms with Crippen LogP contribution in [0.1, 0.15) is 40.5 Å². The molecule has 0 aliphatic carbocycles. The van der Waals surface area contributed by atoms with E-state index in [1.54, 1.807) is 0 Å². The molecule has 0 aliphatic rings. The lowest BCUT2D eigenvalue weighted by Crippen LogP contribution is -2.26. The van der Waals surface area contributed by atoms with Crippen LogP contribution in [0.3, 0.4) is 0 Å². The Hall–Kier alpha value is -0.720. The van der Waals surface area contributed by atoms with Crippen molar-refractivity contribution in [1.29, 1.82) is 0 Å². The molecule has 0 aromatic rings. The van der Waals surface area contributed by atoms with Crippen LogP contribution in [0.4, 0.5) is 0 Å². The second-order valence-corrected chi connectivity index (χ2v) is 3.17. The molecule has 0 aromatic heterocycles. The highest BCUT2D eigenvalue weighted by Gasteiger charge is 2.02. The van der Waals surface area contributed by atoms with Crippen LogP contribution in [0.2, 0.25) is 0 Å². The molecule has 70 valence electrons. The van der Waals surface area contributed by atoms with Gasteiger partial charge in [-0.25, -0.2) is 0 Å². The van der Waals surface area contributed by atoms with E-state index in [0.29, 0.717) is 6.04 Å². The molecule has 0 unspecified atom stereocenters. The second-order valence-electron chi connectivity index (χ2n) is 3.17. The third kappa shape index (κ3) is 3.61. The van der Waals surface area contributed by atoms with Crippen molar-refractivity contribution in [2.24, 2.45) is 0 Å². The first-order chi connectivity index (χ1) is 5.65. The van der Waals surface area contributed by atoms with Crippen molar-refractivity contribution in [3.63, 3.8) is 0 Å².